The Hall–Kier alpha value is -1.47. The third-order valence-corrected chi connectivity index (χ3v) is 3.87. The van der Waals surface area contributed by atoms with Crippen LogP contribution in [0.1, 0.15) is 5.56 Å². The van der Waals surface area contributed by atoms with Crippen molar-refractivity contribution in [1.82, 2.24) is 14.6 Å². The van der Waals surface area contributed by atoms with Crippen LogP contribution < -0.4 is 5.32 Å². The van der Waals surface area contributed by atoms with E-state index in [4.69, 9.17) is 0 Å². The molecule has 3 aromatic rings. The molecule has 0 aliphatic rings. The Labute approximate surface area is 131 Å². The molecule has 0 fully saturated rings. The maximum atomic E-state index is 13.6. The van der Waals surface area contributed by atoms with Crippen molar-refractivity contribution in [3.05, 3.63) is 56.9 Å². The zero-order valence-corrected chi connectivity index (χ0v) is 13.3. The van der Waals surface area contributed by atoms with Gasteiger partial charge in [0.1, 0.15) is 5.82 Å². The van der Waals surface area contributed by atoms with Gasteiger partial charge in [0.15, 0.2) is 5.65 Å². The highest BCUT2D eigenvalue weighted by molar-refractivity contribution is 9.10. The van der Waals surface area contributed by atoms with Gasteiger partial charge in [0.2, 0.25) is 5.95 Å². The number of anilines is 1. The Balaban J connectivity index is 1.83. The number of aromatic nitrogens is 3. The van der Waals surface area contributed by atoms with E-state index in [9.17, 15) is 4.39 Å². The van der Waals surface area contributed by atoms with Crippen molar-refractivity contribution in [3.63, 3.8) is 0 Å². The number of nitrogens with one attached hydrogen (secondary N) is 1. The Kier molecular flexibility index (Phi) is 3.71. The van der Waals surface area contributed by atoms with Crippen molar-refractivity contribution in [3.8, 4) is 0 Å². The summed E-state index contributed by atoms with van der Waals surface area (Å²) in [5.74, 6) is 0.196. The molecule has 0 radical (unpaired) electrons. The SMILES string of the molecule is Fc1ccc(Br)cc1CNc1nc2c(Br)cccn2n1. The van der Waals surface area contributed by atoms with Gasteiger partial charge in [-0.2, -0.15) is 4.98 Å². The highest BCUT2D eigenvalue weighted by atomic mass is 79.9. The number of hydrogen-bond acceptors (Lipinski definition) is 3. The molecule has 2 heterocycles. The predicted octanol–water partition coefficient (Wildman–Crippen LogP) is 4.01. The van der Waals surface area contributed by atoms with Crippen molar-refractivity contribution in [2.24, 2.45) is 0 Å². The maximum absolute atomic E-state index is 13.6. The lowest BCUT2D eigenvalue weighted by molar-refractivity contribution is 0.612. The lowest BCUT2D eigenvalue weighted by Crippen LogP contribution is -2.03. The van der Waals surface area contributed by atoms with Crippen LogP contribution in [0.2, 0.25) is 0 Å². The lowest BCUT2D eigenvalue weighted by Gasteiger charge is -2.04. The Morgan fingerprint density at radius 3 is 2.90 bits per heavy atom. The first-order chi connectivity index (χ1) is 9.63. The van der Waals surface area contributed by atoms with E-state index in [1.807, 2.05) is 12.1 Å². The second-order valence-corrected chi connectivity index (χ2v) is 5.92. The summed E-state index contributed by atoms with van der Waals surface area (Å²) in [5.41, 5.74) is 1.27. The van der Waals surface area contributed by atoms with Gasteiger partial charge in [-0.25, -0.2) is 8.91 Å². The van der Waals surface area contributed by atoms with Crippen LogP contribution in [0.5, 0.6) is 0 Å². The van der Waals surface area contributed by atoms with E-state index in [1.54, 1.807) is 22.8 Å². The molecule has 2 aromatic heterocycles. The fraction of sp³-hybridized carbons (Fsp3) is 0.0769. The number of rotatable bonds is 3. The number of benzene rings is 1. The van der Waals surface area contributed by atoms with Gasteiger partial charge in [0.05, 0.1) is 4.47 Å². The van der Waals surface area contributed by atoms with E-state index >= 15 is 0 Å². The highest BCUT2D eigenvalue weighted by Gasteiger charge is 2.07. The van der Waals surface area contributed by atoms with Crippen LogP contribution in [0.15, 0.2) is 45.5 Å². The molecule has 1 aromatic carbocycles. The largest absolute Gasteiger partial charge is 0.349 e. The van der Waals surface area contributed by atoms with Gasteiger partial charge in [0.25, 0.3) is 0 Å². The minimum Gasteiger partial charge on any atom is -0.349 e. The molecular formula is C13H9Br2FN4. The normalized spacial score (nSPS) is 10.9. The lowest BCUT2D eigenvalue weighted by atomic mass is 10.2. The van der Waals surface area contributed by atoms with Crippen LogP contribution in [0.4, 0.5) is 10.3 Å². The van der Waals surface area contributed by atoms with Crippen LogP contribution in [-0.4, -0.2) is 14.6 Å². The van der Waals surface area contributed by atoms with Crippen molar-refractivity contribution < 1.29 is 4.39 Å². The minimum absolute atomic E-state index is 0.259. The predicted molar refractivity (Wildman–Crippen MR) is 82.1 cm³/mol. The van der Waals surface area contributed by atoms with Crippen molar-refractivity contribution in [2.45, 2.75) is 6.54 Å². The third kappa shape index (κ3) is 2.69. The molecule has 0 unspecified atom stereocenters. The smallest absolute Gasteiger partial charge is 0.243 e. The summed E-state index contributed by atoms with van der Waals surface area (Å²) in [5, 5.41) is 7.29. The Morgan fingerprint density at radius 2 is 2.10 bits per heavy atom. The number of fused-ring (bicyclic) bond motifs is 1. The van der Waals surface area contributed by atoms with Crippen molar-refractivity contribution in [1.29, 1.82) is 0 Å². The molecular weight excluding hydrogens is 391 g/mol. The second kappa shape index (κ2) is 5.49. The van der Waals surface area contributed by atoms with E-state index < -0.39 is 0 Å². The summed E-state index contributed by atoms with van der Waals surface area (Å²) in [6.07, 6.45) is 1.80. The zero-order valence-electron chi connectivity index (χ0n) is 10.1. The molecule has 0 aliphatic carbocycles. The molecule has 0 amide bonds. The molecule has 102 valence electrons. The first-order valence-corrected chi connectivity index (χ1v) is 7.41. The molecule has 4 nitrogen and oxygen atoms in total. The second-order valence-electron chi connectivity index (χ2n) is 4.15. The third-order valence-electron chi connectivity index (χ3n) is 2.76. The number of halogens is 3. The van der Waals surface area contributed by atoms with Gasteiger partial charge >= 0.3 is 0 Å². The average Bonchev–Trinajstić information content (AvgIpc) is 2.84. The van der Waals surface area contributed by atoms with Crippen LogP contribution in [0.3, 0.4) is 0 Å². The van der Waals surface area contributed by atoms with Gasteiger partial charge in [0, 0.05) is 22.8 Å². The summed E-state index contributed by atoms with van der Waals surface area (Å²) in [6, 6.07) is 8.58. The van der Waals surface area contributed by atoms with E-state index in [-0.39, 0.29) is 5.82 Å². The molecule has 0 saturated heterocycles. The summed E-state index contributed by atoms with van der Waals surface area (Å²) in [7, 11) is 0. The summed E-state index contributed by atoms with van der Waals surface area (Å²) < 4.78 is 17.0. The van der Waals surface area contributed by atoms with E-state index in [1.165, 1.54) is 6.07 Å². The molecule has 0 bridgehead atoms. The van der Waals surface area contributed by atoms with E-state index in [2.05, 4.69) is 47.3 Å². The first-order valence-electron chi connectivity index (χ1n) is 5.82. The minimum atomic E-state index is -0.259. The number of pyridine rings is 1. The van der Waals surface area contributed by atoms with Gasteiger partial charge < -0.3 is 5.32 Å². The Bertz CT molecular complexity index is 772. The monoisotopic (exact) mass is 398 g/mol. The van der Waals surface area contributed by atoms with Crippen molar-refractivity contribution >= 4 is 43.5 Å². The molecule has 3 rings (SSSR count). The average molecular weight is 400 g/mol. The molecule has 0 spiro atoms. The van der Waals surface area contributed by atoms with Crippen molar-refractivity contribution in [2.75, 3.05) is 5.32 Å². The zero-order chi connectivity index (χ0) is 14.1. The molecule has 0 saturated carbocycles. The first kappa shape index (κ1) is 13.5. The van der Waals surface area contributed by atoms with E-state index in [0.29, 0.717) is 23.7 Å². The standard InChI is InChI=1S/C13H9Br2FN4/c14-9-3-4-11(16)8(6-9)7-17-13-18-12-10(15)2-1-5-20(12)19-13/h1-6H,7H2,(H,17,19). The molecule has 20 heavy (non-hydrogen) atoms. The van der Waals surface area contributed by atoms with Gasteiger partial charge in [-0.3, -0.25) is 0 Å². The van der Waals surface area contributed by atoms with Gasteiger partial charge in [-0.1, -0.05) is 15.9 Å². The molecule has 0 aliphatic heterocycles. The fourth-order valence-corrected chi connectivity index (χ4v) is 2.63. The molecule has 7 heteroatoms. The summed E-state index contributed by atoms with van der Waals surface area (Å²) in [6.45, 7) is 0.319. The van der Waals surface area contributed by atoms with Crippen LogP contribution in [0.25, 0.3) is 5.65 Å². The van der Waals surface area contributed by atoms with E-state index in [0.717, 1.165) is 8.95 Å². The summed E-state index contributed by atoms with van der Waals surface area (Å²) >= 11 is 6.73. The molecule has 1 N–H and O–H groups in total. The Morgan fingerprint density at radius 1 is 1.25 bits per heavy atom. The highest BCUT2D eigenvalue weighted by Crippen LogP contribution is 2.19. The topological polar surface area (TPSA) is 42.2 Å². The van der Waals surface area contributed by atoms with Gasteiger partial charge in [-0.05, 0) is 46.3 Å². The summed E-state index contributed by atoms with van der Waals surface area (Å²) in [4.78, 5) is 4.34. The van der Waals surface area contributed by atoms with Gasteiger partial charge in [-0.15, -0.1) is 5.10 Å². The number of hydrogen-bond donors (Lipinski definition) is 1. The molecule has 0 atom stereocenters. The van der Waals surface area contributed by atoms with Crippen LogP contribution >= 0.6 is 31.9 Å². The maximum Gasteiger partial charge on any atom is 0.243 e. The van der Waals surface area contributed by atoms with Crippen LogP contribution in [-0.2, 0) is 6.54 Å². The fourth-order valence-electron chi connectivity index (χ4n) is 1.80. The number of nitrogens with zero attached hydrogens (tertiary/aromatic N) is 3. The van der Waals surface area contributed by atoms with Crippen LogP contribution in [0, 0.1) is 5.82 Å². The quantitative estimate of drug-likeness (QED) is 0.723.